The molecule has 0 atom stereocenters. The van der Waals surface area contributed by atoms with Crippen LogP contribution in [-0.2, 0) is 0 Å². The molecule has 6 nitrogen and oxygen atoms in total. The second-order valence-corrected chi connectivity index (χ2v) is 4.40. The van der Waals surface area contributed by atoms with Crippen LogP contribution in [0, 0.1) is 0 Å². The second kappa shape index (κ2) is 3.67. The first-order chi connectivity index (χ1) is 7.83. The van der Waals surface area contributed by atoms with Crippen LogP contribution in [-0.4, -0.2) is 27.1 Å². The highest BCUT2D eigenvalue weighted by Gasteiger charge is 2.26. The fraction of sp³-hybridized carbons (Fsp3) is 0.333. The van der Waals surface area contributed by atoms with Gasteiger partial charge < -0.3 is 9.84 Å². The third-order valence-corrected chi connectivity index (χ3v) is 2.92. The summed E-state index contributed by atoms with van der Waals surface area (Å²) in [5.41, 5.74) is 0. The minimum atomic E-state index is -0.283. The van der Waals surface area contributed by atoms with Gasteiger partial charge >= 0.3 is 0 Å². The molecule has 2 heterocycles. The number of amides is 1. The molecule has 1 aliphatic carbocycles. The largest absolute Gasteiger partial charge is 0.346 e. The van der Waals surface area contributed by atoms with Gasteiger partial charge in [0.25, 0.3) is 17.6 Å². The zero-order valence-electron chi connectivity index (χ0n) is 8.21. The first kappa shape index (κ1) is 9.46. The van der Waals surface area contributed by atoms with Gasteiger partial charge in [0.15, 0.2) is 5.01 Å². The molecule has 1 fully saturated rings. The molecule has 2 aromatic heterocycles. The van der Waals surface area contributed by atoms with Crippen LogP contribution >= 0.6 is 11.3 Å². The summed E-state index contributed by atoms with van der Waals surface area (Å²) in [5, 5.41) is 8.84. The Morgan fingerprint density at radius 1 is 1.56 bits per heavy atom. The fourth-order valence-corrected chi connectivity index (χ4v) is 1.77. The lowest BCUT2D eigenvalue weighted by Crippen LogP contribution is -2.26. The Balaban J connectivity index is 1.79. The van der Waals surface area contributed by atoms with E-state index < -0.39 is 0 Å². The van der Waals surface area contributed by atoms with Gasteiger partial charge in [0, 0.05) is 17.6 Å². The van der Waals surface area contributed by atoms with Gasteiger partial charge in [-0.1, -0.05) is 5.16 Å². The van der Waals surface area contributed by atoms with Gasteiger partial charge in [-0.3, -0.25) is 4.79 Å². The highest BCUT2D eigenvalue weighted by atomic mass is 32.1. The van der Waals surface area contributed by atoms with Gasteiger partial charge in [-0.15, -0.1) is 11.3 Å². The van der Waals surface area contributed by atoms with Gasteiger partial charge in [0.2, 0.25) is 0 Å². The van der Waals surface area contributed by atoms with Gasteiger partial charge in [-0.2, -0.15) is 4.98 Å². The van der Waals surface area contributed by atoms with Crippen LogP contribution in [0.5, 0.6) is 0 Å². The maximum atomic E-state index is 11.6. The molecule has 0 radical (unpaired) electrons. The zero-order chi connectivity index (χ0) is 11.0. The van der Waals surface area contributed by atoms with Gasteiger partial charge in [-0.25, -0.2) is 4.98 Å². The van der Waals surface area contributed by atoms with Crippen LogP contribution in [0.2, 0.25) is 0 Å². The number of carbonyl (C=O) groups excluding carboxylic acids is 1. The van der Waals surface area contributed by atoms with Crippen LogP contribution in [0.4, 0.5) is 0 Å². The maximum Gasteiger partial charge on any atom is 0.292 e. The number of nitrogens with one attached hydrogen (secondary N) is 1. The lowest BCUT2D eigenvalue weighted by atomic mass is 10.5. The van der Waals surface area contributed by atoms with Crippen LogP contribution in [0.25, 0.3) is 10.9 Å². The molecule has 1 N–H and O–H groups in total. The van der Waals surface area contributed by atoms with Crippen LogP contribution in [0.15, 0.2) is 16.1 Å². The average Bonchev–Trinajstić information content (AvgIpc) is 2.84. The molecule has 2 aromatic rings. The summed E-state index contributed by atoms with van der Waals surface area (Å²) in [5.74, 6) is 0.0714. The summed E-state index contributed by atoms with van der Waals surface area (Å²) < 4.78 is 4.96. The molecule has 82 valence electrons. The van der Waals surface area contributed by atoms with Crippen LogP contribution in [0.1, 0.15) is 23.5 Å². The fourth-order valence-electron chi connectivity index (χ4n) is 1.21. The number of rotatable bonds is 3. The molecule has 1 amide bonds. The van der Waals surface area contributed by atoms with Crippen molar-refractivity contribution in [3.8, 4) is 10.9 Å². The third kappa shape index (κ3) is 1.81. The Labute approximate surface area is 94.7 Å². The summed E-state index contributed by atoms with van der Waals surface area (Å²) in [6.07, 6.45) is 3.71. The van der Waals surface area contributed by atoms with E-state index in [1.807, 2.05) is 5.38 Å². The van der Waals surface area contributed by atoms with E-state index in [4.69, 9.17) is 4.52 Å². The standard InChI is InChI=1S/C9H8N4O2S/c14-7(11-5-1-2-5)6-12-8(15-13-6)9-10-3-4-16-9/h3-5H,1-2H2,(H,11,14). The van der Waals surface area contributed by atoms with Crippen molar-refractivity contribution in [3.63, 3.8) is 0 Å². The van der Waals surface area contributed by atoms with Crippen LogP contribution in [0.3, 0.4) is 0 Å². The normalized spacial score (nSPS) is 15.0. The summed E-state index contributed by atoms with van der Waals surface area (Å²) in [6, 6.07) is 0.286. The molecular weight excluding hydrogens is 228 g/mol. The minimum absolute atomic E-state index is 0.0668. The maximum absolute atomic E-state index is 11.6. The van der Waals surface area contributed by atoms with E-state index in [0.29, 0.717) is 5.01 Å². The lowest BCUT2D eigenvalue weighted by molar-refractivity contribution is 0.0937. The van der Waals surface area contributed by atoms with E-state index in [1.54, 1.807) is 6.20 Å². The van der Waals surface area contributed by atoms with E-state index in [9.17, 15) is 4.79 Å². The van der Waals surface area contributed by atoms with Crippen LogP contribution < -0.4 is 5.32 Å². The summed E-state index contributed by atoms with van der Waals surface area (Å²) in [4.78, 5) is 19.6. The van der Waals surface area contributed by atoms with E-state index in [1.165, 1.54) is 11.3 Å². The Bertz CT molecular complexity index is 503. The van der Waals surface area contributed by atoms with Crippen molar-refractivity contribution in [2.24, 2.45) is 0 Å². The molecule has 0 bridgehead atoms. The number of thiazole rings is 1. The van der Waals surface area contributed by atoms with Crippen molar-refractivity contribution >= 4 is 17.2 Å². The quantitative estimate of drug-likeness (QED) is 0.862. The zero-order valence-corrected chi connectivity index (χ0v) is 9.03. The van der Waals surface area contributed by atoms with Crippen molar-refractivity contribution in [3.05, 3.63) is 17.4 Å². The Hall–Kier alpha value is -1.76. The predicted octanol–water partition coefficient (Wildman–Crippen LogP) is 1.09. The minimum Gasteiger partial charge on any atom is -0.346 e. The molecular formula is C9H8N4O2S. The molecule has 7 heteroatoms. The SMILES string of the molecule is O=C(NC1CC1)c1noc(-c2nccs2)n1. The summed E-state index contributed by atoms with van der Waals surface area (Å²) >= 11 is 1.39. The van der Waals surface area contributed by atoms with E-state index in [2.05, 4.69) is 20.4 Å². The van der Waals surface area contributed by atoms with Crippen molar-refractivity contribution < 1.29 is 9.32 Å². The average molecular weight is 236 g/mol. The van der Waals surface area contributed by atoms with Gasteiger partial charge in [0.1, 0.15) is 0 Å². The molecule has 0 spiro atoms. The van der Waals surface area contributed by atoms with Crippen molar-refractivity contribution in [2.45, 2.75) is 18.9 Å². The smallest absolute Gasteiger partial charge is 0.292 e. The third-order valence-electron chi connectivity index (χ3n) is 2.16. The summed E-state index contributed by atoms with van der Waals surface area (Å²) in [6.45, 7) is 0. The predicted molar refractivity (Wildman–Crippen MR) is 55.9 cm³/mol. The van der Waals surface area contributed by atoms with E-state index >= 15 is 0 Å². The number of nitrogens with zero attached hydrogens (tertiary/aromatic N) is 3. The molecule has 16 heavy (non-hydrogen) atoms. The number of hydrogen-bond acceptors (Lipinski definition) is 6. The van der Waals surface area contributed by atoms with Crippen molar-refractivity contribution in [1.82, 2.24) is 20.4 Å². The van der Waals surface area contributed by atoms with E-state index in [-0.39, 0.29) is 23.7 Å². The lowest BCUT2D eigenvalue weighted by Gasteiger charge is -1.95. The first-order valence-corrected chi connectivity index (χ1v) is 5.75. The number of aromatic nitrogens is 3. The Morgan fingerprint density at radius 2 is 2.44 bits per heavy atom. The first-order valence-electron chi connectivity index (χ1n) is 4.87. The molecule has 1 aliphatic rings. The molecule has 3 rings (SSSR count). The number of carbonyl (C=O) groups is 1. The molecule has 0 aliphatic heterocycles. The monoisotopic (exact) mass is 236 g/mol. The second-order valence-electron chi connectivity index (χ2n) is 3.51. The number of hydrogen-bond donors (Lipinski definition) is 1. The highest BCUT2D eigenvalue weighted by Crippen LogP contribution is 2.21. The van der Waals surface area contributed by atoms with Gasteiger partial charge in [-0.05, 0) is 12.8 Å². The summed E-state index contributed by atoms with van der Waals surface area (Å²) in [7, 11) is 0. The van der Waals surface area contributed by atoms with E-state index in [0.717, 1.165) is 12.8 Å². The Morgan fingerprint density at radius 3 is 3.12 bits per heavy atom. The molecule has 1 saturated carbocycles. The molecule has 0 unspecified atom stereocenters. The molecule has 0 aromatic carbocycles. The van der Waals surface area contributed by atoms with Gasteiger partial charge in [0.05, 0.1) is 0 Å². The topological polar surface area (TPSA) is 80.9 Å². The van der Waals surface area contributed by atoms with Crippen molar-refractivity contribution in [2.75, 3.05) is 0 Å². The Kier molecular flexibility index (Phi) is 2.17. The molecule has 0 saturated heterocycles. The highest BCUT2D eigenvalue weighted by molar-refractivity contribution is 7.12. The van der Waals surface area contributed by atoms with Crippen molar-refractivity contribution in [1.29, 1.82) is 0 Å².